The highest BCUT2D eigenvalue weighted by molar-refractivity contribution is 5.89. The van der Waals surface area contributed by atoms with E-state index >= 15 is 0 Å². The van der Waals surface area contributed by atoms with Crippen molar-refractivity contribution >= 4 is 5.78 Å². The molecule has 0 amide bonds. The van der Waals surface area contributed by atoms with Crippen molar-refractivity contribution in [2.45, 2.75) is 52.6 Å². The largest absolute Gasteiger partial charge is 0.297 e. The smallest absolute Gasteiger partial charge is 0.160 e. The third-order valence-corrected chi connectivity index (χ3v) is 3.83. The molecule has 0 bridgehead atoms. The number of Topliss-reactive ketones (excluding diaryl/α,β-unsaturated/α-hetero) is 1. The molecule has 1 aromatic heterocycles. The monoisotopic (exact) mass is 266 g/mol. The van der Waals surface area contributed by atoms with E-state index in [1.54, 1.807) is 0 Å². The van der Waals surface area contributed by atoms with Gasteiger partial charge < -0.3 is 0 Å². The number of ketones is 1. The maximum atomic E-state index is 12.5. The lowest BCUT2D eigenvalue weighted by atomic mass is 9.90. The van der Waals surface area contributed by atoms with Crippen molar-refractivity contribution in [3.63, 3.8) is 0 Å². The van der Waals surface area contributed by atoms with Gasteiger partial charge in [-0.2, -0.15) is 5.10 Å². The molecule has 0 N–H and O–H groups in total. The predicted octanol–water partition coefficient (Wildman–Crippen LogP) is 1.78. The van der Waals surface area contributed by atoms with E-state index in [1.165, 1.54) is 6.33 Å². The Balaban J connectivity index is 2.85. The van der Waals surface area contributed by atoms with E-state index in [0.717, 1.165) is 18.8 Å². The number of nitrogens with zero attached hydrogens (tertiary/aromatic N) is 4. The van der Waals surface area contributed by atoms with Gasteiger partial charge in [0.2, 0.25) is 0 Å². The molecule has 0 aliphatic rings. The second-order valence-electron chi connectivity index (χ2n) is 5.87. The molecule has 0 aliphatic carbocycles. The van der Waals surface area contributed by atoms with Gasteiger partial charge in [-0.25, -0.2) is 9.67 Å². The maximum absolute atomic E-state index is 12.5. The summed E-state index contributed by atoms with van der Waals surface area (Å²) in [6.07, 6.45) is 2.66. The quantitative estimate of drug-likeness (QED) is 0.755. The summed E-state index contributed by atoms with van der Waals surface area (Å²) in [5, 5.41) is 4.20. The van der Waals surface area contributed by atoms with Crippen LogP contribution in [0, 0.1) is 5.92 Å². The van der Waals surface area contributed by atoms with Gasteiger partial charge in [0.05, 0.1) is 12.0 Å². The van der Waals surface area contributed by atoms with Gasteiger partial charge in [0.25, 0.3) is 0 Å². The van der Waals surface area contributed by atoms with Crippen LogP contribution in [0.1, 0.15) is 39.9 Å². The standard InChI is InChI=1S/C14H26N4O/c1-7-14(4,17(5)6)12(19)8-13-15-10-16-18(13)9-11(2)3/h10-11H,7-9H2,1-6H3. The number of likely N-dealkylation sites (N-methyl/N-ethyl adjacent to an activating group) is 1. The zero-order valence-electron chi connectivity index (χ0n) is 13.0. The first-order valence-corrected chi connectivity index (χ1v) is 6.88. The first-order chi connectivity index (χ1) is 8.81. The van der Waals surface area contributed by atoms with Crippen LogP contribution in [0.5, 0.6) is 0 Å². The zero-order chi connectivity index (χ0) is 14.6. The van der Waals surface area contributed by atoms with Crippen molar-refractivity contribution in [3.05, 3.63) is 12.2 Å². The number of carbonyl (C=O) groups is 1. The summed E-state index contributed by atoms with van der Waals surface area (Å²) in [5.41, 5.74) is -0.436. The van der Waals surface area contributed by atoms with E-state index in [2.05, 4.69) is 23.9 Å². The Morgan fingerprint density at radius 3 is 2.58 bits per heavy atom. The maximum Gasteiger partial charge on any atom is 0.160 e. The second kappa shape index (κ2) is 6.28. The SMILES string of the molecule is CCC(C)(C(=O)Cc1ncnn1CC(C)C)N(C)C. The van der Waals surface area contributed by atoms with Crippen LogP contribution in [0.2, 0.25) is 0 Å². The van der Waals surface area contributed by atoms with Crippen LogP contribution < -0.4 is 0 Å². The Labute approximate surface area is 116 Å². The minimum Gasteiger partial charge on any atom is -0.297 e. The molecular weight excluding hydrogens is 240 g/mol. The molecule has 5 heteroatoms. The van der Waals surface area contributed by atoms with Crippen LogP contribution in [0.15, 0.2) is 6.33 Å². The summed E-state index contributed by atoms with van der Waals surface area (Å²) in [4.78, 5) is 18.7. The van der Waals surface area contributed by atoms with Gasteiger partial charge in [0.15, 0.2) is 5.78 Å². The number of hydrogen-bond acceptors (Lipinski definition) is 4. The highest BCUT2D eigenvalue weighted by Gasteiger charge is 2.33. The fraction of sp³-hybridized carbons (Fsp3) is 0.786. The van der Waals surface area contributed by atoms with Crippen molar-refractivity contribution in [1.29, 1.82) is 0 Å². The van der Waals surface area contributed by atoms with Gasteiger partial charge in [0, 0.05) is 6.54 Å². The van der Waals surface area contributed by atoms with Crippen molar-refractivity contribution in [3.8, 4) is 0 Å². The molecule has 0 radical (unpaired) electrons. The third-order valence-electron chi connectivity index (χ3n) is 3.83. The Kier molecular flexibility index (Phi) is 5.23. The molecule has 1 heterocycles. The lowest BCUT2D eigenvalue weighted by molar-refractivity contribution is -0.128. The Hall–Kier alpha value is -1.23. The predicted molar refractivity (Wildman–Crippen MR) is 76.0 cm³/mol. The summed E-state index contributed by atoms with van der Waals surface area (Å²) >= 11 is 0. The van der Waals surface area contributed by atoms with E-state index in [-0.39, 0.29) is 5.78 Å². The third kappa shape index (κ3) is 3.62. The summed E-state index contributed by atoms with van der Waals surface area (Å²) < 4.78 is 1.84. The summed E-state index contributed by atoms with van der Waals surface area (Å²) in [6.45, 7) is 9.08. The lowest BCUT2D eigenvalue weighted by Gasteiger charge is -2.33. The van der Waals surface area contributed by atoms with Crippen molar-refractivity contribution in [2.75, 3.05) is 14.1 Å². The topological polar surface area (TPSA) is 51.0 Å². The van der Waals surface area contributed by atoms with E-state index in [0.29, 0.717) is 12.3 Å². The zero-order valence-corrected chi connectivity index (χ0v) is 13.0. The molecule has 0 aliphatic heterocycles. The normalized spacial score (nSPS) is 14.9. The highest BCUT2D eigenvalue weighted by Crippen LogP contribution is 2.19. The molecule has 1 rings (SSSR count). The minimum atomic E-state index is -0.436. The first-order valence-electron chi connectivity index (χ1n) is 6.88. The molecule has 1 unspecified atom stereocenters. The molecular formula is C14H26N4O. The molecule has 0 fully saturated rings. The molecule has 5 nitrogen and oxygen atoms in total. The highest BCUT2D eigenvalue weighted by atomic mass is 16.1. The van der Waals surface area contributed by atoms with E-state index in [4.69, 9.17) is 0 Å². The van der Waals surface area contributed by atoms with Crippen molar-refractivity contribution in [2.24, 2.45) is 5.92 Å². The second-order valence-corrected chi connectivity index (χ2v) is 5.87. The Bertz CT molecular complexity index is 425. The fourth-order valence-electron chi connectivity index (χ4n) is 2.02. The van der Waals surface area contributed by atoms with Crippen LogP contribution in [-0.2, 0) is 17.8 Å². The number of rotatable bonds is 7. The van der Waals surface area contributed by atoms with E-state index < -0.39 is 5.54 Å². The van der Waals surface area contributed by atoms with Gasteiger partial charge in [-0.1, -0.05) is 20.8 Å². The van der Waals surface area contributed by atoms with E-state index in [1.807, 2.05) is 37.5 Å². The Morgan fingerprint density at radius 1 is 1.47 bits per heavy atom. The fourth-order valence-corrected chi connectivity index (χ4v) is 2.02. The van der Waals surface area contributed by atoms with Gasteiger partial charge in [-0.3, -0.25) is 9.69 Å². The molecule has 0 spiro atoms. The van der Waals surface area contributed by atoms with Crippen LogP contribution in [0.4, 0.5) is 0 Å². The van der Waals surface area contributed by atoms with Crippen LogP contribution >= 0.6 is 0 Å². The van der Waals surface area contributed by atoms with Crippen LogP contribution in [0.3, 0.4) is 0 Å². The van der Waals surface area contributed by atoms with Crippen LogP contribution in [0.25, 0.3) is 0 Å². The summed E-state index contributed by atoms with van der Waals surface area (Å²) in [5.74, 6) is 1.44. The number of aromatic nitrogens is 3. The molecule has 1 aromatic rings. The van der Waals surface area contributed by atoms with Gasteiger partial charge in [-0.15, -0.1) is 0 Å². The van der Waals surface area contributed by atoms with E-state index in [9.17, 15) is 4.79 Å². The van der Waals surface area contributed by atoms with Crippen LogP contribution in [-0.4, -0.2) is 45.1 Å². The van der Waals surface area contributed by atoms with Crippen molar-refractivity contribution < 1.29 is 4.79 Å². The molecule has 19 heavy (non-hydrogen) atoms. The average molecular weight is 266 g/mol. The molecule has 0 saturated carbocycles. The lowest BCUT2D eigenvalue weighted by Crippen LogP contribution is -2.49. The number of carbonyl (C=O) groups excluding carboxylic acids is 1. The number of hydrogen-bond donors (Lipinski definition) is 0. The van der Waals surface area contributed by atoms with Crippen molar-refractivity contribution in [1.82, 2.24) is 19.7 Å². The molecule has 1 atom stereocenters. The molecule has 0 aromatic carbocycles. The first kappa shape index (κ1) is 15.8. The molecule has 108 valence electrons. The van der Waals surface area contributed by atoms with Gasteiger partial charge >= 0.3 is 0 Å². The summed E-state index contributed by atoms with van der Waals surface area (Å²) in [6, 6.07) is 0. The van der Waals surface area contributed by atoms with Gasteiger partial charge in [0.1, 0.15) is 12.2 Å². The average Bonchev–Trinajstić information content (AvgIpc) is 2.74. The summed E-state index contributed by atoms with van der Waals surface area (Å²) in [7, 11) is 3.89. The molecule has 0 saturated heterocycles. The minimum absolute atomic E-state index is 0.193. The Morgan fingerprint density at radius 2 is 2.11 bits per heavy atom. The van der Waals surface area contributed by atoms with Gasteiger partial charge in [-0.05, 0) is 33.4 Å².